The minimum atomic E-state index is -0.412. The van der Waals surface area contributed by atoms with Crippen molar-refractivity contribution in [3.05, 3.63) is 96.3 Å². The predicted molar refractivity (Wildman–Crippen MR) is 94.9 cm³/mol. The highest BCUT2D eigenvalue weighted by Crippen LogP contribution is 2.08. The van der Waals surface area contributed by atoms with Crippen LogP contribution in [-0.4, -0.2) is 16.7 Å². The normalized spacial score (nSPS) is 10.9. The summed E-state index contributed by atoms with van der Waals surface area (Å²) < 4.78 is 0. The molecule has 0 unspecified atom stereocenters. The van der Waals surface area contributed by atoms with Gasteiger partial charge in [0.15, 0.2) is 0 Å². The average Bonchev–Trinajstić information content (AvgIpc) is 2.64. The molecule has 24 heavy (non-hydrogen) atoms. The Balaban J connectivity index is 1.81. The number of pyridine rings is 1. The Labute approximate surface area is 140 Å². The van der Waals surface area contributed by atoms with E-state index in [0.717, 1.165) is 5.56 Å². The smallest absolute Gasteiger partial charge is 0.307 e. The molecule has 0 bridgehead atoms. The lowest BCUT2D eigenvalue weighted by Crippen LogP contribution is -2.26. The van der Waals surface area contributed by atoms with Gasteiger partial charge in [-0.25, -0.2) is 10.2 Å². The number of carbonyl (C=O) groups is 1. The first-order valence-electron chi connectivity index (χ1n) is 7.49. The molecule has 0 aliphatic heterocycles. The zero-order valence-corrected chi connectivity index (χ0v) is 12.9. The maximum absolute atomic E-state index is 12.0. The number of aromatic nitrogens is 1. The SMILES string of the molecule is O=C(N/N=C(\c1ccccc1)c1ccccn1)Nc1ccccc1. The van der Waals surface area contributed by atoms with E-state index in [1.54, 1.807) is 18.3 Å². The monoisotopic (exact) mass is 316 g/mol. The van der Waals surface area contributed by atoms with Crippen LogP contribution in [-0.2, 0) is 0 Å². The van der Waals surface area contributed by atoms with Crippen LogP contribution in [0.15, 0.2) is 90.2 Å². The van der Waals surface area contributed by atoms with Crippen molar-refractivity contribution in [3.63, 3.8) is 0 Å². The molecule has 0 aliphatic rings. The minimum absolute atomic E-state index is 0.412. The molecular weight excluding hydrogens is 300 g/mol. The molecule has 3 rings (SSSR count). The van der Waals surface area contributed by atoms with Crippen molar-refractivity contribution < 1.29 is 4.79 Å². The maximum atomic E-state index is 12.0. The van der Waals surface area contributed by atoms with Gasteiger partial charge >= 0.3 is 6.03 Å². The van der Waals surface area contributed by atoms with Gasteiger partial charge in [0.1, 0.15) is 5.71 Å². The third kappa shape index (κ3) is 4.04. The molecule has 2 amide bonds. The van der Waals surface area contributed by atoms with Crippen molar-refractivity contribution in [2.75, 3.05) is 5.32 Å². The van der Waals surface area contributed by atoms with Crippen LogP contribution >= 0.6 is 0 Å². The summed E-state index contributed by atoms with van der Waals surface area (Å²) in [5, 5.41) is 6.98. The molecule has 5 nitrogen and oxygen atoms in total. The van der Waals surface area contributed by atoms with Crippen molar-refractivity contribution in [1.29, 1.82) is 0 Å². The Kier molecular flexibility index (Phi) is 4.94. The van der Waals surface area contributed by atoms with E-state index in [0.29, 0.717) is 17.1 Å². The van der Waals surface area contributed by atoms with Crippen LogP contribution in [0.1, 0.15) is 11.3 Å². The molecule has 0 aliphatic carbocycles. The maximum Gasteiger partial charge on any atom is 0.339 e. The van der Waals surface area contributed by atoms with E-state index in [9.17, 15) is 4.79 Å². The van der Waals surface area contributed by atoms with Gasteiger partial charge in [-0.15, -0.1) is 0 Å². The van der Waals surface area contributed by atoms with E-state index in [2.05, 4.69) is 20.8 Å². The number of hydrazone groups is 1. The van der Waals surface area contributed by atoms with Gasteiger partial charge < -0.3 is 5.32 Å². The van der Waals surface area contributed by atoms with Gasteiger partial charge in [-0.1, -0.05) is 54.6 Å². The summed E-state index contributed by atoms with van der Waals surface area (Å²) in [5.41, 5.74) is 5.38. The molecule has 0 radical (unpaired) electrons. The van der Waals surface area contributed by atoms with Crippen molar-refractivity contribution in [2.45, 2.75) is 0 Å². The highest BCUT2D eigenvalue weighted by atomic mass is 16.2. The first-order valence-corrected chi connectivity index (χ1v) is 7.49. The fourth-order valence-corrected chi connectivity index (χ4v) is 2.16. The number of urea groups is 1. The fourth-order valence-electron chi connectivity index (χ4n) is 2.16. The highest BCUT2D eigenvalue weighted by Gasteiger charge is 2.09. The number of rotatable bonds is 4. The molecule has 5 heteroatoms. The van der Waals surface area contributed by atoms with Crippen LogP contribution < -0.4 is 10.7 Å². The zero-order chi connectivity index (χ0) is 16.6. The summed E-state index contributed by atoms with van der Waals surface area (Å²) >= 11 is 0. The van der Waals surface area contributed by atoms with E-state index in [1.165, 1.54) is 0 Å². The van der Waals surface area contributed by atoms with E-state index in [4.69, 9.17) is 0 Å². The first-order chi connectivity index (χ1) is 11.8. The Bertz CT molecular complexity index is 776. The fraction of sp³-hybridized carbons (Fsp3) is 0. The van der Waals surface area contributed by atoms with E-state index in [1.807, 2.05) is 66.7 Å². The van der Waals surface area contributed by atoms with E-state index in [-0.39, 0.29) is 0 Å². The number of amides is 2. The molecule has 0 saturated carbocycles. The zero-order valence-electron chi connectivity index (χ0n) is 12.9. The Morgan fingerprint density at radius 1 is 0.833 bits per heavy atom. The van der Waals surface area contributed by atoms with Crippen LogP contribution in [0.4, 0.5) is 10.5 Å². The highest BCUT2D eigenvalue weighted by molar-refractivity contribution is 6.12. The van der Waals surface area contributed by atoms with Crippen molar-refractivity contribution in [2.24, 2.45) is 5.10 Å². The number of nitrogens with one attached hydrogen (secondary N) is 2. The predicted octanol–water partition coefficient (Wildman–Crippen LogP) is 3.66. The number of benzene rings is 2. The molecule has 118 valence electrons. The lowest BCUT2D eigenvalue weighted by atomic mass is 10.1. The summed E-state index contributed by atoms with van der Waals surface area (Å²) in [6.07, 6.45) is 1.69. The summed E-state index contributed by atoms with van der Waals surface area (Å²) in [4.78, 5) is 16.3. The molecule has 2 N–H and O–H groups in total. The second-order valence-electron chi connectivity index (χ2n) is 4.97. The molecule has 1 heterocycles. The van der Waals surface area contributed by atoms with Crippen LogP contribution in [0.25, 0.3) is 0 Å². The second kappa shape index (κ2) is 7.69. The Morgan fingerprint density at radius 2 is 1.50 bits per heavy atom. The molecular formula is C19H16N4O. The van der Waals surface area contributed by atoms with Gasteiger partial charge in [-0.05, 0) is 24.3 Å². The molecule has 1 aromatic heterocycles. The first kappa shape index (κ1) is 15.4. The minimum Gasteiger partial charge on any atom is -0.307 e. The molecule has 2 aromatic carbocycles. The van der Waals surface area contributed by atoms with E-state index >= 15 is 0 Å². The standard InChI is InChI=1S/C19H16N4O/c24-19(21-16-11-5-2-6-12-16)23-22-18(15-9-3-1-4-10-15)17-13-7-8-14-20-17/h1-14H,(H2,21,23,24)/b22-18+. The summed E-state index contributed by atoms with van der Waals surface area (Å²) in [6.45, 7) is 0. The Hall–Kier alpha value is -3.47. The van der Waals surface area contributed by atoms with Crippen LogP contribution in [0, 0.1) is 0 Å². The van der Waals surface area contributed by atoms with Crippen molar-refractivity contribution in [3.8, 4) is 0 Å². The second-order valence-corrected chi connectivity index (χ2v) is 4.97. The van der Waals surface area contributed by atoms with E-state index < -0.39 is 6.03 Å². The van der Waals surface area contributed by atoms with Gasteiger partial charge in [0.2, 0.25) is 0 Å². The van der Waals surface area contributed by atoms with Crippen LogP contribution in [0.5, 0.6) is 0 Å². The van der Waals surface area contributed by atoms with Gasteiger partial charge in [-0.2, -0.15) is 5.10 Å². The van der Waals surface area contributed by atoms with Crippen molar-refractivity contribution in [1.82, 2.24) is 10.4 Å². The van der Waals surface area contributed by atoms with Crippen LogP contribution in [0.2, 0.25) is 0 Å². The summed E-state index contributed by atoms with van der Waals surface area (Å²) in [7, 11) is 0. The third-order valence-corrected chi connectivity index (χ3v) is 3.26. The van der Waals surface area contributed by atoms with Gasteiger partial charge in [0.25, 0.3) is 0 Å². The largest absolute Gasteiger partial charge is 0.339 e. The summed E-state index contributed by atoms with van der Waals surface area (Å²) in [6, 6.07) is 23.9. The molecule has 0 atom stereocenters. The van der Waals surface area contributed by atoms with Gasteiger partial charge in [0.05, 0.1) is 5.69 Å². The van der Waals surface area contributed by atoms with Crippen LogP contribution in [0.3, 0.4) is 0 Å². The summed E-state index contributed by atoms with van der Waals surface area (Å²) in [5.74, 6) is 0. The third-order valence-electron chi connectivity index (χ3n) is 3.26. The molecule has 0 fully saturated rings. The number of hydrogen-bond acceptors (Lipinski definition) is 3. The molecule has 0 spiro atoms. The number of anilines is 1. The topological polar surface area (TPSA) is 66.4 Å². The van der Waals surface area contributed by atoms with Gasteiger partial charge in [0, 0.05) is 17.4 Å². The molecule has 0 saturated heterocycles. The number of para-hydroxylation sites is 1. The van der Waals surface area contributed by atoms with Gasteiger partial charge in [-0.3, -0.25) is 4.98 Å². The van der Waals surface area contributed by atoms with Crippen molar-refractivity contribution >= 4 is 17.4 Å². The molecule has 3 aromatic rings. The Morgan fingerprint density at radius 3 is 2.17 bits per heavy atom. The number of carbonyl (C=O) groups excluding carboxylic acids is 1. The quantitative estimate of drug-likeness (QED) is 0.570. The average molecular weight is 316 g/mol. The lowest BCUT2D eigenvalue weighted by molar-refractivity contribution is 0.252. The number of nitrogens with zero attached hydrogens (tertiary/aromatic N) is 2. The lowest BCUT2D eigenvalue weighted by Gasteiger charge is -2.08. The number of hydrogen-bond donors (Lipinski definition) is 2.